The number of hydrogen-bond donors (Lipinski definition) is 1. The summed E-state index contributed by atoms with van der Waals surface area (Å²) in [5.74, 6) is 1.31. The van der Waals surface area contributed by atoms with E-state index in [-0.39, 0.29) is 18.5 Å². The fraction of sp³-hybridized carbons (Fsp3) is 0.444. The second kappa shape index (κ2) is 6.76. The van der Waals surface area contributed by atoms with Crippen LogP contribution in [0.25, 0.3) is 11.4 Å². The highest BCUT2D eigenvalue weighted by Gasteiger charge is 2.35. The van der Waals surface area contributed by atoms with E-state index in [4.69, 9.17) is 9.72 Å². The van der Waals surface area contributed by atoms with Crippen LogP contribution in [0.5, 0.6) is 0 Å². The first-order valence-corrected chi connectivity index (χ1v) is 8.63. The minimum absolute atomic E-state index is 0.0424. The van der Waals surface area contributed by atoms with Crippen molar-refractivity contribution in [1.29, 1.82) is 0 Å². The maximum Gasteiger partial charge on any atom is 0.247 e. The van der Waals surface area contributed by atoms with Gasteiger partial charge in [0.25, 0.3) is 0 Å². The van der Waals surface area contributed by atoms with Crippen molar-refractivity contribution in [2.24, 2.45) is 0 Å². The molecule has 0 aromatic carbocycles. The molecular weight excluding hydrogens is 318 g/mol. The second-order valence-corrected chi connectivity index (χ2v) is 6.43. The zero-order chi connectivity index (χ0) is 17.2. The number of rotatable bonds is 3. The summed E-state index contributed by atoms with van der Waals surface area (Å²) < 4.78 is 5.45. The number of methoxy groups -OCH3 is 1. The molecule has 3 heterocycles. The number of fused-ring (bicyclic) bond motifs is 1. The molecule has 25 heavy (non-hydrogen) atoms. The first-order valence-electron chi connectivity index (χ1n) is 8.63. The van der Waals surface area contributed by atoms with Crippen molar-refractivity contribution in [3.05, 3.63) is 30.6 Å². The summed E-state index contributed by atoms with van der Waals surface area (Å²) in [5.41, 5.74) is 1.42. The maximum absolute atomic E-state index is 12.6. The van der Waals surface area contributed by atoms with Crippen LogP contribution < -0.4 is 10.2 Å². The smallest absolute Gasteiger partial charge is 0.247 e. The number of nitrogens with zero attached hydrogens (tertiary/aromatic N) is 4. The molecular formula is C18H21N5O2. The number of carbonyl (C=O) groups excluding carboxylic acids is 1. The van der Waals surface area contributed by atoms with Crippen LogP contribution in [0.3, 0.4) is 0 Å². The monoisotopic (exact) mass is 339 g/mol. The lowest BCUT2D eigenvalue weighted by Gasteiger charge is -2.38. The number of anilines is 2. The number of hydrogen-bond acceptors (Lipinski definition) is 6. The fourth-order valence-corrected chi connectivity index (χ4v) is 3.59. The molecule has 130 valence electrons. The molecule has 2 aromatic heterocycles. The van der Waals surface area contributed by atoms with Crippen LogP contribution in [-0.4, -0.2) is 46.7 Å². The molecule has 0 radical (unpaired) electrons. The van der Waals surface area contributed by atoms with Gasteiger partial charge in [-0.25, -0.2) is 9.97 Å². The third-order valence-corrected chi connectivity index (χ3v) is 4.93. The van der Waals surface area contributed by atoms with Crippen molar-refractivity contribution in [3.8, 4) is 11.4 Å². The average Bonchev–Trinajstić information content (AvgIpc) is 2.68. The Morgan fingerprint density at radius 3 is 2.72 bits per heavy atom. The number of nitrogens with one attached hydrogen (secondary N) is 1. The van der Waals surface area contributed by atoms with Crippen LogP contribution in [0.1, 0.15) is 25.7 Å². The maximum atomic E-state index is 12.6. The lowest BCUT2D eigenvalue weighted by atomic mass is 9.91. The van der Waals surface area contributed by atoms with E-state index in [1.807, 2.05) is 23.1 Å². The quantitative estimate of drug-likeness (QED) is 0.924. The van der Waals surface area contributed by atoms with Crippen molar-refractivity contribution in [2.45, 2.75) is 37.8 Å². The van der Waals surface area contributed by atoms with Gasteiger partial charge in [0.15, 0.2) is 11.6 Å². The standard InChI is InChI=1S/C18H21N5O2/c1-25-13-7-5-12(6-8-13)23-16(24)11-21-17-18(23)22-15(10-20-17)14-4-2-3-9-19-14/h2-4,9-10,12-13H,5-8,11H2,1H3,(H,20,21). The van der Waals surface area contributed by atoms with E-state index < -0.39 is 0 Å². The molecule has 0 bridgehead atoms. The van der Waals surface area contributed by atoms with E-state index >= 15 is 0 Å². The zero-order valence-electron chi connectivity index (χ0n) is 14.2. The van der Waals surface area contributed by atoms with Crippen LogP contribution in [-0.2, 0) is 9.53 Å². The van der Waals surface area contributed by atoms with Crippen molar-refractivity contribution < 1.29 is 9.53 Å². The third kappa shape index (κ3) is 3.07. The predicted molar refractivity (Wildman–Crippen MR) is 94.3 cm³/mol. The Labute approximate surface area is 146 Å². The molecule has 1 N–H and O–H groups in total. The molecule has 0 saturated heterocycles. The summed E-state index contributed by atoms with van der Waals surface area (Å²) in [6, 6.07) is 5.81. The van der Waals surface area contributed by atoms with Gasteiger partial charge >= 0.3 is 0 Å². The number of ether oxygens (including phenoxy) is 1. The molecule has 7 heteroatoms. The topological polar surface area (TPSA) is 80.2 Å². The van der Waals surface area contributed by atoms with E-state index in [1.165, 1.54) is 0 Å². The average molecular weight is 339 g/mol. The van der Waals surface area contributed by atoms with Crippen molar-refractivity contribution in [3.63, 3.8) is 0 Å². The molecule has 2 aliphatic rings. The van der Waals surface area contributed by atoms with Crippen molar-refractivity contribution in [1.82, 2.24) is 15.0 Å². The third-order valence-electron chi connectivity index (χ3n) is 4.93. The van der Waals surface area contributed by atoms with Crippen LogP contribution in [0, 0.1) is 0 Å². The van der Waals surface area contributed by atoms with Gasteiger partial charge in [0.2, 0.25) is 5.91 Å². The van der Waals surface area contributed by atoms with E-state index in [1.54, 1.807) is 19.5 Å². The van der Waals surface area contributed by atoms with E-state index in [0.29, 0.717) is 23.4 Å². The van der Waals surface area contributed by atoms with Gasteiger partial charge < -0.3 is 10.1 Å². The molecule has 2 aromatic rings. The summed E-state index contributed by atoms with van der Waals surface area (Å²) >= 11 is 0. The molecule has 1 saturated carbocycles. The van der Waals surface area contributed by atoms with Gasteiger partial charge in [0.05, 0.1) is 24.5 Å². The highest BCUT2D eigenvalue weighted by molar-refractivity contribution is 6.01. The van der Waals surface area contributed by atoms with Crippen LogP contribution >= 0.6 is 0 Å². The van der Waals surface area contributed by atoms with E-state index in [2.05, 4.69) is 15.3 Å². The highest BCUT2D eigenvalue weighted by atomic mass is 16.5. The summed E-state index contributed by atoms with van der Waals surface area (Å²) in [4.78, 5) is 28.0. The number of pyridine rings is 1. The molecule has 0 unspecified atom stereocenters. The molecule has 1 aliphatic heterocycles. The lowest BCUT2D eigenvalue weighted by Crippen LogP contribution is -2.49. The van der Waals surface area contributed by atoms with Crippen molar-refractivity contribution in [2.75, 3.05) is 23.9 Å². The Balaban J connectivity index is 1.67. The van der Waals surface area contributed by atoms with Gasteiger partial charge in [-0.1, -0.05) is 6.07 Å². The fourth-order valence-electron chi connectivity index (χ4n) is 3.59. The first-order chi connectivity index (χ1) is 12.3. The van der Waals surface area contributed by atoms with E-state index in [9.17, 15) is 4.79 Å². The summed E-state index contributed by atoms with van der Waals surface area (Å²) in [7, 11) is 1.75. The summed E-state index contributed by atoms with van der Waals surface area (Å²) in [6.07, 6.45) is 7.47. The van der Waals surface area contributed by atoms with Gasteiger partial charge in [-0.05, 0) is 37.8 Å². The van der Waals surface area contributed by atoms with Crippen LogP contribution in [0.15, 0.2) is 30.6 Å². The van der Waals surface area contributed by atoms with E-state index in [0.717, 1.165) is 31.4 Å². The minimum atomic E-state index is 0.0424. The Morgan fingerprint density at radius 1 is 1.16 bits per heavy atom. The lowest BCUT2D eigenvalue weighted by molar-refractivity contribution is -0.118. The Bertz CT molecular complexity index is 759. The molecule has 0 atom stereocenters. The largest absolute Gasteiger partial charge is 0.381 e. The highest BCUT2D eigenvalue weighted by Crippen LogP contribution is 2.34. The normalized spacial score (nSPS) is 23.1. The van der Waals surface area contributed by atoms with Crippen LogP contribution in [0.2, 0.25) is 0 Å². The zero-order valence-corrected chi connectivity index (χ0v) is 14.2. The molecule has 0 spiro atoms. The first kappa shape index (κ1) is 16.0. The Morgan fingerprint density at radius 2 is 2.00 bits per heavy atom. The Hall–Kier alpha value is -2.54. The van der Waals surface area contributed by atoms with Gasteiger partial charge in [0, 0.05) is 19.3 Å². The SMILES string of the molecule is COC1CCC(N2C(=O)CNc3ncc(-c4ccccn4)nc32)CC1. The van der Waals surface area contributed by atoms with Crippen molar-refractivity contribution >= 4 is 17.5 Å². The number of amides is 1. The summed E-state index contributed by atoms with van der Waals surface area (Å²) in [6.45, 7) is 0.259. The van der Waals surface area contributed by atoms with Gasteiger partial charge in [-0.15, -0.1) is 0 Å². The van der Waals surface area contributed by atoms with Gasteiger partial charge in [-0.2, -0.15) is 0 Å². The molecule has 7 nitrogen and oxygen atoms in total. The summed E-state index contributed by atoms with van der Waals surface area (Å²) in [5, 5.41) is 3.07. The minimum Gasteiger partial charge on any atom is -0.381 e. The Kier molecular flexibility index (Phi) is 4.31. The number of aromatic nitrogens is 3. The van der Waals surface area contributed by atoms with Crippen LogP contribution in [0.4, 0.5) is 11.6 Å². The molecule has 1 aliphatic carbocycles. The second-order valence-electron chi connectivity index (χ2n) is 6.43. The van der Waals surface area contributed by atoms with Gasteiger partial charge in [-0.3, -0.25) is 14.7 Å². The number of carbonyl (C=O) groups is 1. The van der Waals surface area contributed by atoms with Gasteiger partial charge in [0.1, 0.15) is 5.69 Å². The molecule has 1 fully saturated rings. The predicted octanol–water partition coefficient (Wildman–Crippen LogP) is 2.25. The molecule has 4 rings (SSSR count). The molecule has 1 amide bonds.